The molecule has 0 spiro atoms. The summed E-state index contributed by atoms with van der Waals surface area (Å²) in [5.41, 5.74) is 0.617. The van der Waals surface area contributed by atoms with Crippen molar-refractivity contribution in [3.05, 3.63) is 53.1 Å². The zero-order valence-corrected chi connectivity index (χ0v) is 18.8. The molecule has 8 heteroatoms. The number of alkyl carbamates (subject to hydrolysis) is 1. The standard InChI is InChI=1S/C22H24N2O4S2/c1-22(2,3)23-20(26)27-13-7-12-24-19(25)18(30-21(24)29)14-16-10-11-17(28-16)15-8-5-4-6-9-15/h4-6,8-11,14H,7,12-13H2,1-3H3,(H,23,26). The highest BCUT2D eigenvalue weighted by atomic mass is 32.2. The van der Waals surface area contributed by atoms with E-state index in [0.717, 1.165) is 11.3 Å². The molecule has 2 aromatic rings. The summed E-state index contributed by atoms with van der Waals surface area (Å²) in [6.45, 7) is 6.22. The monoisotopic (exact) mass is 444 g/mol. The summed E-state index contributed by atoms with van der Waals surface area (Å²) in [7, 11) is 0. The molecule has 6 nitrogen and oxygen atoms in total. The Morgan fingerprint density at radius 3 is 2.67 bits per heavy atom. The van der Waals surface area contributed by atoms with Gasteiger partial charge in [0.15, 0.2) is 0 Å². The fourth-order valence-corrected chi connectivity index (χ4v) is 4.03. The van der Waals surface area contributed by atoms with Crippen molar-refractivity contribution in [3.63, 3.8) is 0 Å². The Bertz CT molecular complexity index is 961. The Labute approximate surface area is 185 Å². The van der Waals surface area contributed by atoms with Crippen LogP contribution in [0.2, 0.25) is 0 Å². The van der Waals surface area contributed by atoms with Gasteiger partial charge in [0, 0.05) is 23.7 Å². The van der Waals surface area contributed by atoms with E-state index >= 15 is 0 Å². The number of benzene rings is 1. The van der Waals surface area contributed by atoms with Gasteiger partial charge in [0.1, 0.15) is 15.8 Å². The maximum Gasteiger partial charge on any atom is 0.407 e. The van der Waals surface area contributed by atoms with Gasteiger partial charge in [-0.1, -0.05) is 54.3 Å². The molecule has 1 fully saturated rings. The number of ether oxygens (including phenoxy) is 1. The van der Waals surface area contributed by atoms with Gasteiger partial charge in [0.05, 0.1) is 11.5 Å². The van der Waals surface area contributed by atoms with Gasteiger partial charge in [-0.05, 0) is 39.3 Å². The first-order chi connectivity index (χ1) is 14.2. The van der Waals surface area contributed by atoms with E-state index in [1.54, 1.807) is 6.08 Å². The van der Waals surface area contributed by atoms with Crippen molar-refractivity contribution < 1.29 is 18.7 Å². The van der Waals surface area contributed by atoms with Crippen LogP contribution < -0.4 is 5.32 Å². The number of carbonyl (C=O) groups excluding carboxylic acids is 2. The number of carbonyl (C=O) groups is 2. The first kappa shape index (κ1) is 22.1. The molecule has 158 valence electrons. The number of nitrogens with one attached hydrogen (secondary N) is 1. The number of amides is 2. The molecule has 0 bridgehead atoms. The van der Waals surface area contributed by atoms with Gasteiger partial charge in [-0.25, -0.2) is 4.79 Å². The third-order valence-corrected chi connectivity index (χ3v) is 5.45. The molecule has 0 saturated carbocycles. The van der Waals surface area contributed by atoms with Gasteiger partial charge in [0.25, 0.3) is 5.91 Å². The Morgan fingerprint density at radius 2 is 1.97 bits per heavy atom. The van der Waals surface area contributed by atoms with Gasteiger partial charge < -0.3 is 14.5 Å². The van der Waals surface area contributed by atoms with Crippen molar-refractivity contribution >= 4 is 46.4 Å². The van der Waals surface area contributed by atoms with Crippen LogP contribution in [0.1, 0.15) is 33.0 Å². The molecule has 0 aliphatic carbocycles. The summed E-state index contributed by atoms with van der Waals surface area (Å²) < 4.78 is 11.5. The van der Waals surface area contributed by atoms with E-state index < -0.39 is 6.09 Å². The second-order valence-corrected chi connectivity index (χ2v) is 9.44. The number of thioether (sulfide) groups is 1. The average Bonchev–Trinajstić information content (AvgIpc) is 3.24. The number of furan rings is 1. The fourth-order valence-electron chi connectivity index (χ4n) is 2.74. The minimum Gasteiger partial charge on any atom is -0.457 e. The van der Waals surface area contributed by atoms with Gasteiger partial charge in [-0.15, -0.1) is 0 Å². The van der Waals surface area contributed by atoms with Gasteiger partial charge in [-0.2, -0.15) is 0 Å². The van der Waals surface area contributed by atoms with E-state index in [1.165, 1.54) is 16.7 Å². The molecule has 0 unspecified atom stereocenters. The van der Waals surface area contributed by atoms with E-state index in [1.807, 2.05) is 63.2 Å². The molecule has 1 aliphatic rings. The predicted molar refractivity (Wildman–Crippen MR) is 123 cm³/mol. The third-order valence-electron chi connectivity index (χ3n) is 4.07. The first-order valence-electron chi connectivity index (χ1n) is 9.58. The van der Waals surface area contributed by atoms with E-state index in [2.05, 4.69) is 5.32 Å². The summed E-state index contributed by atoms with van der Waals surface area (Å²) in [5.74, 6) is 1.17. The Balaban J connectivity index is 1.55. The zero-order valence-electron chi connectivity index (χ0n) is 17.1. The van der Waals surface area contributed by atoms with Crippen LogP contribution in [0, 0.1) is 0 Å². The average molecular weight is 445 g/mol. The quantitative estimate of drug-likeness (QED) is 0.381. The highest BCUT2D eigenvalue weighted by Gasteiger charge is 2.32. The Morgan fingerprint density at radius 1 is 1.23 bits per heavy atom. The Hall–Kier alpha value is -2.58. The number of hydrogen-bond acceptors (Lipinski definition) is 6. The molecule has 1 N–H and O–H groups in total. The summed E-state index contributed by atoms with van der Waals surface area (Å²) >= 11 is 6.58. The molecular formula is C22H24N2O4S2. The smallest absolute Gasteiger partial charge is 0.407 e. The van der Waals surface area contributed by atoms with E-state index in [9.17, 15) is 9.59 Å². The molecule has 1 aliphatic heterocycles. The number of nitrogens with zero attached hydrogens (tertiary/aromatic N) is 1. The molecule has 1 aromatic heterocycles. The van der Waals surface area contributed by atoms with E-state index in [4.69, 9.17) is 21.4 Å². The lowest BCUT2D eigenvalue weighted by Crippen LogP contribution is -2.41. The van der Waals surface area contributed by atoms with Crippen LogP contribution in [0.3, 0.4) is 0 Å². The van der Waals surface area contributed by atoms with E-state index in [0.29, 0.717) is 28.0 Å². The number of hydrogen-bond donors (Lipinski definition) is 1. The van der Waals surface area contributed by atoms with Gasteiger partial charge in [0.2, 0.25) is 0 Å². The minimum absolute atomic E-state index is 0.165. The van der Waals surface area contributed by atoms with Crippen molar-refractivity contribution in [1.82, 2.24) is 10.2 Å². The molecule has 0 radical (unpaired) electrons. The lowest BCUT2D eigenvalue weighted by atomic mass is 10.1. The molecule has 30 heavy (non-hydrogen) atoms. The maximum atomic E-state index is 12.7. The van der Waals surface area contributed by atoms with Crippen LogP contribution in [-0.4, -0.2) is 39.9 Å². The third kappa shape index (κ3) is 5.96. The number of thiocarbonyl (C=S) groups is 1. The topological polar surface area (TPSA) is 71.8 Å². The van der Waals surface area contributed by atoms with Crippen LogP contribution in [0.25, 0.3) is 17.4 Å². The molecule has 3 rings (SSSR count). The van der Waals surface area contributed by atoms with Gasteiger partial charge in [-0.3, -0.25) is 9.69 Å². The zero-order chi connectivity index (χ0) is 21.7. The normalized spacial score (nSPS) is 15.7. The van der Waals surface area contributed by atoms with Crippen LogP contribution in [0.15, 0.2) is 51.8 Å². The van der Waals surface area contributed by atoms with Crippen LogP contribution in [-0.2, 0) is 9.53 Å². The minimum atomic E-state index is -0.472. The number of rotatable bonds is 6. The van der Waals surface area contributed by atoms with Crippen LogP contribution in [0.4, 0.5) is 4.79 Å². The van der Waals surface area contributed by atoms with Crippen LogP contribution in [0.5, 0.6) is 0 Å². The summed E-state index contributed by atoms with van der Waals surface area (Å²) in [6, 6.07) is 13.5. The Kier molecular flexibility index (Phi) is 6.99. The predicted octanol–water partition coefficient (Wildman–Crippen LogP) is 5.06. The molecule has 0 atom stereocenters. The lowest BCUT2D eigenvalue weighted by Gasteiger charge is -2.20. The second-order valence-electron chi connectivity index (χ2n) is 7.77. The molecule has 1 saturated heterocycles. The summed E-state index contributed by atoms with van der Waals surface area (Å²) in [4.78, 5) is 26.4. The fraction of sp³-hybridized carbons (Fsp3) is 0.318. The lowest BCUT2D eigenvalue weighted by molar-refractivity contribution is -0.122. The molecular weight excluding hydrogens is 420 g/mol. The summed E-state index contributed by atoms with van der Waals surface area (Å²) in [5, 5.41) is 2.72. The van der Waals surface area contributed by atoms with Crippen molar-refractivity contribution in [2.75, 3.05) is 13.2 Å². The maximum absolute atomic E-state index is 12.7. The van der Waals surface area contributed by atoms with Crippen molar-refractivity contribution in [2.45, 2.75) is 32.7 Å². The van der Waals surface area contributed by atoms with Crippen molar-refractivity contribution in [3.8, 4) is 11.3 Å². The highest BCUT2D eigenvalue weighted by molar-refractivity contribution is 8.26. The summed E-state index contributed by atoms with van der Waals surface area (Å²) in [6.07, 6.45) is 1.73. The molecule has 1 aromatic carbocycles. The van der Waals surface area contributed by atoms with Crippen LogP contribution >= 0.6 is 24.0 Å². The van der Waals surface area contributed by atoms with Crippen molar-refractivity contribution in [1.29, 1.82) is 0 Å². The molecule has 2 amide bonds. The van der Waals surface area contributed by atoms with Gasteiger partial charge >= 0.3 is 6.09 Å². The first-order valence-corrected chi connectivity index (χ1v) is 10.8. The highest BCUT2D eigenvalue weighted by Crippen LogP contribution is 2.33. The van der Waals surface area contributed by atoms with E-state index in [-0.39, 0.29) is 18.1 Å². The SMILES string of the molecule is CC(C)(C)NC(=O)OCCCN1C(=O)C(=Cc2ccc(-c3ccccc3)o2)SC1=S. The second kappa shape index (κ2) is 9.49. The van der Waals surface area contributed by atoms with Crippen molar-refractivity contribution in [2.24, 2.45) is 0 Å². The largest absolute Gasteiger partial charge is 0.457 e. The molecule has 2 heterocycles.